The van der Waals surface area contributed by atoms with Crippen molar-refractivity contribution in [1.29, 1.82) is 0 Å². The third-order valence-corrected chi connectivity index (χ3v) is 4.64. The molecule has 0 atom stereocenters. The number of allylic oxidation sites excluding steroid dienone is 1. The zero-order valence-corrected chi connectivity index (χ0v) is 17.2. The molecule has 0 amide bonds. The van der Waals surface area contributed by atoms with E-state index in [1.54, 1.807) is 0 Å². The average molecular weight is 376 g/mol. The summed E-state index contributed by atoms with van der Waals surface area (Å²) in [7, 11) is 0. The summed E-state index contributed by atoms with van der Waals surface area (Å²) in [5, 5.41) is 5.14. The standard InChI is InChI=1S/C22H27Cl2N/c1-14(2)20-7-6-8-21(15(3)4)22(20)25-13-17-9-10-19(24)12-18(17)11-16(5)23/h6-12,14-15,25H,13H2,1-5H3/b16-11-. The minimum Gasteiger partial charge on any atom is -0.380 e. The highest BCUT2D eigenvalue weighted by Crippen LogP contribution is 2.33. The summed E-state index contributed by atoms with van der Waals surface area (Å²) in [5.74, 6) is 0.937. The number of benzene rings is 2. The van der Waals surface area contributed by atoms with E-state index in [0.717, 1.165) is 22.2 Å². The third-order valence-electron chi connectivity index (χ3n) is 4.29. The molecule has 0 aliphatic rings. The first-order valence-corrected chi connectivity index (χ1v) is 9.54. The summed E-state index contributed by atoms with van der Waals surface area (Å²) in [6.45, 7) is 11.5. The Morgan fingerprint density at radius 3 is 2.16 bits per heavy atom. The Hall–Kier alpha value is -1.44. The second-order valence-electron chi connectivity index (χ2n) is 7.05. The smallest absolute Gasteiger partial charge is 0.0413 e. The molecule has 2 rings (SSSR count). The Morgan fingerprint density at radius 1 is 1.04 bits per heavy atom. The van der Waals surface area contributed by atoms with Crippen molar-refractivity contribution in [1.82, 2.24) is 0 Å². The molecule has 0 bridgehead atoms. The minimum atomic E-state index is 0.468. The number of rotatable bonds is 6. The van der Waals surface area contributed by atoms with Gasteiger partial charge < -0.3 is 5.32 Å². The molecule has 0 heterocycles. The fourth-order valence-electron chi connectivity index (χ4n) is 3.01. The molecular formula is C22H27Cl2N. The highest BCUT2D eigenvalue weighted by molar-refractivity contribution is 6.32. The minimum absolute atomic E-state index is 0.468. The molecule has 0 aromatic heterocycles. The predicted molar refractivity (Wildman–Crippen MR) is 113 cm³/mol. The monoisotopic (exact) mass is 375 g/mol. The maximum absolute atomic E-state index is 6.16. The lowest BCUT2D eigenvalue weighted by molar-refractivity contribution is 0.832. The maximum atomic E-state index is 6.16. The molecule has 3 heteroatoms. The zero-order valence-electron chi connectivity index (χ0n) is 15.7. The zero-order chi connectivity index (χ0) is 18.6. The van der Waals surface area contributed by atoms with E-state index in [4.69, 9.17) is 23.2 Å². The van der Waals surface area contributed by atoms with Crippen LogP contribution in [-0.2, 0) is 6.54 Å². The summed E-state index contributed by atoms with van der Waals surface area (Å²) in [4.78, 5) is 0. The first-order valence-electron chi connectivity index (χ1n) is 8.78. The fourth-order valence-corrected chi connectivity index (χ4v) is 3.31. The van der Waals surface area contributed by atoms with Crippen molar-refractivity contribution in [2.24, 2.45) is 0 Å². The summed E-state index contributed by atoms with van der Waals surface area (Å²) >= 11 is 12.2. The van der Waals surface area contributed by atoms with Crippen molar-refractivity contribution < 1.29 is 0 Å². The molecule has 134 valence electrons. The molecule has 0 radical (unpaired) electrons. The number of hydrogen-bond donors (Lipinski definition) is 1. The quantitative estimate of drug-likeness (QED) is 0.542. The van der Waals surface area contributed by atoms with Gasteiger partial charge in [0.2, 0.25) is 0 Å². The lowest BCUT2D eigenvalue weighted by atomic mass is 9.92. The summed E-state index contributed by atoms with van der Waals surface area (Å²) < 4.78 is 0. The van der Waals surface area contributed by atoms with Crippen molar-refractivity contribution in [2.75, 3.05) is 5.32 Å². The Morgan fingerprint density at radius 2 is 1.64 bits per heavy atom. The van der Waals surface area contributed by atoms with Gasteiger partial charge in [0.1, 0.15) is 0 Å². The van der Waals surface area contributed by atoms with E-state index >= 15 is 0 Å². The molecule has 1 N–H and O–H groups in total. The first kappa shape index (κ1) is 19.9. The molecule has 1 nitrogen and oxygen atoms in total. The Bertz CT molecular complexity index is 730. The van der Waals surface area contributed by atoms with Crippen LogP contribution in [0.3, 0.4) is 0 Å². The number of hydrogen-bond acceptors (Lipinski definition) is 1. The highest BCUT2D eigenvalue weighted by atomic mass is 35.5. The fraction of sp³-hybridized carbons (Fsp3) is 0.364. The second-order valence-corrected chi connectivity index (χ2v) is 8.08. The van der Waals surface area contributed by atoms with Crippen molar-refractivity contribution in [3.05, 3.63) is 68.7 Å². The van der Waals surface area contributed by atoms with Crippen LogP contribution in [0.1, 0.15) is 68.7 Å². The first-order chi connectivity index (χ1) is 11.8. The molecule has 2 aromatic rings. The lowest BCUT2D eigenvalue weighted by Crippen LogP contribution is -2.08. The van der Waals surface area contributed by atoms with E-state index in [-0.39, 0.29) is 0 Å². The topological polar surface area (TPSA) is 12.0 Å². The van der Waals surface area contributed by atoms with Crippen molar-refractivity contribution in [2.45, 2.75) is 53.0 Å². The van der Waals surface area contributed by atoms with Crippen LogP contribution in [0.4, 0.5) is 5.69 Å². The van der Waals surface area contributed by atoms with Gasteiger partial charge in [-0.05, 0) is 59.2 Å². The maximum Gasteiger partial charge on any atom is 0.0413 e. The molecule has 0 saturated heterocycles. The molecule has 0 spiro atoms. The van der Waals surface area contributed by atoms with Crippen LogP contribution >= 0.6 is 23.2 Å². The largest absolute Gasteiger partial charge is 0.380 e. The van der Waals surface area contributed by atoms with Gasteiger partial charge in [-0.25, -0.2) is 0 Å². The molecule has 0 fully saturated rings. The summed E-state index contributed by atoms with van der Waals surface area (Å²) in [6, 6.07) is 12.5. The molecule has 0 aliphatic carbocycles. The van der Waals surface area contributed by atoms with Gasteiger partial charge in [-0.2, -0.15) is 0 Å². The van der Waals surface area contributed by atoms with Gasteiger partial charge in [0.05, 0.1) is 0 Å². The molecule has 25 heavy (non-hydrogen) atoms. The summed E-state index contributed by atoms with van der Waals surface area (Å²) in [6.07, 6.45) is 1.96. The van der Waals surface area contributed by atoms with Crippen LogP contribution in [0.25, 0.3) is 6.08 Å². The Balaban J connectivity index is 2.38. The van der Waals surface area contributed by atoms with Crippen LogP contribution in [0.15, 0.2) is 41.4 Å². The van der Waals surface area contributed by atoms with E-state index in [9.17, 15) is 0 Å². The second kappa shape index (κ2) is 8.78. The van der Waals surface area contributed by atoms with Crippen LogP contribution in [0, 0.1) is 0 Å². The van der Waals surface area contributed by atoms with Crippen LogP contribution in [0.5, 0.6) is 0 Å². The Labute approximate surface area is 162 Å². The summed E-state index contributed by atoms with van der Waals surface area (Å²) in [5.41, 5.74) is 6.19. The third kappa shape index (κ3) is 5.26. The van der Waals surface area contributed by atoms with Crippen molar-refractivity contribution >= 4 is 35.0 Å². The van der Waals surface area contributed by atoms with Gasteiger partial charge in [-0.3, -0.25) is 0 Å². The van der Waals surface area contributed by atoms with E-state index in [1.807, 2.05) is 25.1 Å². The highest BCUT2D eigenvalue weighted by Gasteiger charge is 2.14. The number of halogens is 2. The van der Waals surface area contributed by atoms with E-state index in [0.29, 0.717) is 11.8 Å². The van der Waals surface area contributed by atoms with E-state index in [1.165, 1.54) is 22.4 Å². The molecule has 0 aliphatic heterocycles. The lowest BCUT2D eigenvalue weighted by Gasteiger charge is -2.21. The molecule has 0 saturated carbocycles. The SMILES string of the molecule is C/C(Cl)=C/c1cc(Cl)ccc1CNc1c(C(C)C)cccc1C(C)C. The molecule has 0 unspecified atom stereocenters. The molecule has 2 aromatic carbocycles. The normalized spacial score (nSPS) is 12.1. The van der Waals surface area contributed by atoms with Gasteiger partial charge in [0.15, 0.2) is 0 Å². The average Bonchev–Trinajstić information content (AvgIpc) is 2.53. The van der Waals surface area contributed by atoms with Gasteiger partial charge in [0.25, 0.3) is 0 Å². The van der Waals surface area contributed by atoms with Crippen molar-refractivity contribution in [3.8, 4) is 0 Å². The number of para-hydroxylation sites is 1. The van der Waals surface area contributed by atoms with Crippen LogP contribution < -0.4 is 5.32 Å². The van der Waals surface area contributed by atoms with Gasteiger partial charge >= 0.3 is 0 Å². The number of anilines is 1. The van der Waals surface area contributed by atoms with E-state index in [2.05, 4.69) is 57.3 Å². The molecular weight excluding hydrogens is 349 g/mol. The number of nitrogens with one attached hydrogen (secondary N) is 1. The Kier molecular flexibility index (Phi) is 6.98. The predicted octanol–water partition coefficient (Wildman–Crippen LogP) is 7.80. The van der Waals surface area contributed by atoms with Gasteiger partial charge in [0, 0.05) is 22.3 Å². The van der Waals surface area contributed by atoms with Crippen molar-refractivity contribution in [3.63, 3.8) is 0 Å². The van der Waals surface area contributed by atoms with E-state index < -0.39 is 0 Å². The van der Waals surface area contributed by atoms with Gasteiger partial charge in [-0.15, -0.1) is 0 Å². The van der Waals surface area contributed by atoms with Gasteiger partial charge in [-0.1, -0.05) is 75.2 Å². The van der Waals surface area contributed by atoms with Crippen LogP contribution in [-0.4, -0.2) is 0 Å². The van der Waals surface area contributed by atoms with Crippen LogP contribution in [0.2, 0.25) is 5.02 Å².